The Balaban J connectivity index is 2.22. The summed E-state index contributed by atoms with van der Waals surface area (Å²) >= 11 is 0. The van der Waals surface area contributed by atoms with Crippen molar-refractivity contribution in [3.63, 3.8) is 0 Å². The highest BCUT2D eigenvalue weighted by molar-refractivity contribution is 5.72. The van der Waals surface area contributed by atoms with Gasteiger partial charge in [0, 0.05) is 33.0 Å². The lowest BCUT2D eigenvalue weighted by Gasteiger charge is -2.31. The Bertz CT molecular complexity index is 256. The molecule has 1 aliphatic heterocycles. The normalized spacial score (nSPS) is 21.7. The largest absolute Gasteiger partial charge is 0.481 e. The van der Waals surface area contributed by atoms with E-state index in [1.54, 1.807) is 0 Å². The number of aliphatic carboxylic acids is 1. The highest BCUT2D eigenvalue weighted by Crippen LogP contribution is 2.18. The number of likely N-dealkylation sites (tertiary alicyclic amines) is 1. The van der Waals surface area contributed by atoms with E-state index in [9.17, 15) is 9.59 Å². The molecule has 5 heteroatoms. The molecule has 0 aromatic rings. The van der Waals surface area contributed by atoms with Gasteiger partial charge in [-0.1, -0.05) is 0 Å². The van der Waals surface area contributed by atoms with Gasteiger partial charge >= 0.3 is 5.97 Å². The van der Waals surface area contributed by atoms with Crippen LogP contribution in [0.3, 0.4) is 0 Å². The average molecular weight is 228 g/mol. The number of carboxylic acid groups (broad SMARTS) is 1. The molecule has 0 radical (unpaired) electrons. The van der Waals surface area contributed by atoms with Crippen LogP contribution in [0.5, 0.6) is 0 Å². The third-order valence-corrected chi connectivity index (χ3v) is 2.87. The maximum Gasteiger partial charge on any atom is 0.303 e. The molecule has 0 aromatic heterocycles. The van der Waals surface area contributed by atoms with Crippen LogP contribution >= 0.6 is 0 Å². The SMILES string of the molecule is CC(=O)NCCN1CCCC(CC(=O)O)C1. The van der Waals surface area contributed by atoms with Gasteiger partial charge in [0.05, 0.1) is 0 Å². The molecule has 0 aromatic carbocycles. The Labute approximate surface area is 95.8 Å². The van der Waals surface area contributed by atoms with Gasteiger partial charge in [0.1, 0.15) is 0 Å². The van der Waals surface area contributed by atoms with Crippen LogP contribution in [0.25, 0.3) is 0 Å². The monoisotopic (exact) mass is 228 g/mol. The van der Waals surface area contributed by atoms with Crippen LogP contribution in [-0.2, 0) is 9.59 Å². The van der Waals surface area contributed by atoms with Crippen LogP contribution in [-0.4, -0.2) is 48.1 Å². The van der Waals surface area contributed by atoms with Crippen LogP contribution in [0, 0.1) is 5.92 Å². The first kappa shape index (κ1) is 13.0. The molecule has 92 valence electrons. The first-order chi connectivity index (χ1) is 7.58. The summed E-state index contributed by atoms with van der Waals surface area (Å²) in [5, 5.41) is 11.5. The number of carbonyl (C=O) groups excluding carboxylic acids is 1. The molecule has 1 unspecified atom stereocenters. The molecule has 1 amide bonds. The molecule has 0 aliphatic carbocycles. The zero-order valence-electron chi connectivity index (χ0n) is 9.74. The Kier molecular flexibility index (Phi) is 5.25. The minimum atomic E-state index is -0.714. The van der Waals surface area contributed by atoms with E-state index in [0.29, 0.717) is 6.54 Å². The number of amides is 1. The Morgan fingerprint density at radius 1 is 1.50 bits per heavy atom. The van der Waals surface area contributed by atoms with Gasteiger partial charge in [-0.25, -0.2) is 0 Å². The van der Waals surface area contributed by atoms with Gasteiger partial charge in [-0.15, -0.1) is 0 Å². The van der Waals surface area contributed by atoms with Gasteiger partial charge in [0.2, 0.25) is 5.91 Å². The van der Waals surface area contributed by atoms with Gasteiger partial charge in [-0.2, -0.15) is 0 Å². The Morgan fingerprint density at radius 3 is 2.88 bits per heavy atom. The molecule has 2 N–H and O–H groups in total. The summed E-state index contributed by atoms with van der Waals surface area (Å²) in [6.07, 6.45) is 2.32. The minimum absolute atomic E-state index is 0.0147. The van der Waals surface area contributed by atoms with Crippen LogP contribution in [0.2, 0.25) is 0 Å². The lowest BCUT2D eigenvalue weighted by molar-refractivity contribution is -0.138. The van der Waals surface area contributed by atoms with Gasteiger partial charge in [0.25, 0.3) is 0 Å². The lowest BCUT2D eigenvalue weighted by atomic mass is 9.95. The van der Waals surface area contributed by atoms with Crippen LogP contribution in [0.1, 0.15) is 26.2 Å². The third kappa shape index (κ3) is 5.11. The highest BCUT2D eigenvalue weighted by atomic mass is 16.4. The van der Waals surface area contributed by atoms with E-state index in [0.717, 1.165) is 32.5 Å². The molecule has 0 spiro atoms. The summed E-state index contributed by atoms with van der Waals surface area (Å²) in [6, 6.07) is 0. The quantitative estimate of drug-likeness (QED) is 0.710. The van der Waals surface area contributed by atoms with Crippen molar-refractivity contribution in [2.75, 3.05) is 26.2 Å². The second kappa shape index (κ2) is 6.48. The van der Waals surface area contributed by atoms with Crippen molar-refractivity contribution in [3.05, 3.63) is 0 Å². The number of nitrogens with one attached hydrogen (secondary N) is 1. The van der Waals surface area contributed by atoms with E-state index in [-0.39, 0.29) is 18.2 Å². The van der Waals surface area contributed by atoms with Crippen molar-refractivity contribution in [1.29, 1.82) is 0 Å². The van der Waals surface area contributed by atoms with E-state index in [2.05, 4.69) is 10.2 Å². The molecule has 1 heterocycles. The summed E-state index contributed by atoms with van der Waals surface area (Å²) in [5.74, 6) is -0.462. The van der Waals surface area contributed by atoms with Gasteiger partial charge in [-0.05, 0) is 25.3 Å². The smallest absolute Gasteiger partial charge is 0.303 e. The number of nitrogens with zero attached hydrogens (tertiary/aromatic N) is 1. The first-order valence-electron chi connectivity index (χ1n) is 5.76. The van der Waals surface area contributed by atoms with Crippen LogP contribution in [0.15, 0.2) is 0 Å². The zero-order valence-corrected chi connectivity index (χ0v) is 9.74. The number of hydrogen-bond acceptors (Lipinski definition) is 3. The summed E-state index contributed by atoms with van der Waals surface area (Å²) in [7, 11) is 0. The zero-order chi connectivity index (χ0) is 12.0. The molecule has 16 heavy (non-hydrogen) atoms. The number of rotatable bonds is 5. The summed E-state index contributed by atoms with van der Waals surface area (Å²) in [6.45, 7) is 4.82. The molecule has 1 aliphatic rings. The fourth-order valence-corrected chi connectivity index (χ4v) is 2.16. The standard InChI is InChI=1S/C11H20N2O3/c1-9(14)12-4-6-13-5-2-3-10(8-13)7-11(15)16/h10H,2-8H2,1H3,(H,12,14)(H,15,16). The highest BCUT2D eigenvalue weighted by Gasteiger charge is 2.21. The topological polar surface area (TPSA) is 69.6 Å². The van der Waals surface area contributed by atoms with Gasteiger partial charge in [0.15, 0.2) is 0 Å². The van der Waals surface area contributed by atoms with Crippen molar-refractivity contribution in [2.45, 2.75) is 26.2 Å². The van der Waals surface area contributed by atoms with Gasteiger partial charge < -0.3 is 15.3 Å². The predicted octanol–water partition coefficient (Wildman–Crippen LogP) is 0.309. The predicted molar refractivity (Wildman–Crippen MR) is 60.1 cm³/mol. The Hall–Kier alpha value is -1.10. The number of carbonyl (C=O) groups is 2. The van der Waals surface area contributed by atoms with E-state index in [1.807, 2.05) is 0 Å². The van der Waals surface area contributed by atoms with Gasteiger partial charge in [-0.3, -0.25) is 9.59 Å². The van der Waals surface area contributed by atoms with Crippen molar-refractivity contribution in [2.24, 2.45) is 5.92 Å². The van der Waals surface area contributed by atoms with E-state index in [4.69, 9.17) is 5.11 Å². The van der Waals surface area contributed by atoms with E-state index in [1.165, 1.54) is 6.92 Å². The Morgan fingerprint density at radius 2 is 2.25 bits per heavy atom. The first-order valence-corrected chi connectivity index (χ1v) is 5.76. The number of piperidine rings is 1. The molecular formula is C11H20N2O3. The summed E-state index contributed by atoms with van der Waals surface area (Å²) in [5.41, 5.74) is 0. The third-order valence-electron chi connectivity index (χ3n) is 2.87. The second-order valence-electron chi connectivity index (χ2n) is 4.39. The maximum atomic E-state index is 10.7. The minimum Gasteiger partial charge on any atom is -0.481 e. The van der Waals surface area contributed by atoms with Crippen LogP contribution in [0.4, 0.5) is 0 Å². The summed E-state index contributed by atoms with van der Waals surface area (Å²) < 4.78 is 0. The molecule has 1 atom stereocenters. The number of carboxylic acids is 1. The number of hydrogen-bond donors (Lipinski definition) is 2. The lowest BCUT2D eigenvalue weighted by Crippen LogP contribution is -2.40. The fraction of sp³-hybridized carbons (Fsp3) is 0.818. The van der Waals surface area contributed by atoms with Crippen LogP contribution < -0.4 is 5.32 Å². The van der Waals surface area contributed by atoms with Crippen molar-refractivity contribution < 1.29 is 14.7 Å². The maximum absolute atomic E-state index is 10.7. The second-order valence-corrected chi connectivity index (χ2v) is 4.39. The van der Waals surface area contributed by atoms with E-state index >= 15 is 0 Å². The molecule has 0 saturated carbocycles. The molecule has 1 rings (SSSR count). The van der Waals surface area contributed by atoms with Crippen molar-refractivity contribution >= 4 is 11.9 Å². The fourth-order valence-electron chi connectivity index (χ4n) is 2.16. The van der Waals surface area contributed by atoms with E-state index < -0.39 is 5.97 Å². The molecule has 5 nitrogen and oxygen atoms in total. The molecule has 1 saturated heterocycles. The molecular weight excluding hydrogens is 208 g/mol. The molecule has 0 bridgehead atoms. The van der Waals surface area contributed by atoms with Crippen molar-refractivity contribution in [3.8, 4) is 0 Å². The van der Waals surface area contributed by atoms with Crippen molar-refractivity contribution in [1.82, 2.24) is 10.2 Å². The summed E-state index contributed by atoms with van der Waals surface area (Å²) in [4.78, 5) is 23.5. The average Bonchev–Trinajstić information content (AvgIpc) is 2.16. The molecule has 1 fully saturated rings.